The smallest absolute Gasteiger partial charge is 0.231 e. The normalized spacial score (nSPS) is 10.0. The minimum absolute atomic E-state index is 0.161. The molecule has 13 heavy (non-hydrogen) atoms. The van der Waals surface area contributed by atoms with Crippen LogP contribution in [-0.4, -0.2) is 28.0 Å². The number of nitrogens with two attached hydrogens (primary N) is 2. The predicted molar refractivity (Wildman–Crippen MR) is 52.2 cm³/mol. The van der Waals surface area contributed by atoms with Gasteiger partial charge in [-0.15, -0.1) is 0 Å². The van der Waals surface area contributed by atoms with Crippen molar-refractivity contribution >= 4 is 17.8 Å². The predicted octanol–water partition coefficient (Wildman–Crippen LogP) is -0.118. The Labute approximate surface area is 77.0 Å². The Morgan fingerprint density at radius 2 is 1.46 bits per heavy atom. The van der Waals surface area contributed by atoms with Gasteiger partial charge in [0.15, 0.2) is 0 Å². The fraction of sp³-hybridized carbons (Fsp3) is 0.571. The van der Waals surface area contributed by atoms with Gasteiger partial charge in [-0.05, 0) is 13.8 Å². The molecule has 0 unspecified atom stereocenters. The second-order valence-electron chi connectivity index (χ2n) is 2.52. The molecule has 0 amide bonds. The van der Waals surface area contributed by atoms with Crippen molar-refractivity contribution in [1.82, 2.24) is 15.0 Å². The SMILES string of the molecule is CCN(CC)c1nc(N)nc(N)n1. The molecule has 72 valence electrons. The van der Waals surface area contributed by atoms with Crippen LogP contribution in [0, 0.1) is 0 Å². The number of nitrogens with zero attached hydrogens (tertiary/aromatic N) is 4. The van der Waals surface area contributed by atoms with Crippen molar-refractivity contribution in [1.29, 1.82) is 0 Å². The Morgan fingerprint density at radius 3 is 1.85 bits per heavy atom. The van der Waals surface area contributed by atoms with E-state index in [0.717, 1.165) is 13.1 Å². The lowest BCUT2D eigenvalue weighted by Gasteiger charge is -2.18. The molecule has 0 saturated heterocycles. The highest BCUT2D eigenvalue weighted by molar-refractivity contribution is 5.39. The number of anilines is 3. The first kappa shape index (κ1) is 9.50. The van der Waals surface area contributed by atoms with Crippen molar-refractivity contribution in [3.8, 4) is 0 Å². The lowest BCUT2D eigenvalue weighted by molar-refractivity contribution is 0.817. The Bertz CT molecular complexity index is 262. The summed E-state index contributed by atoms with van der Waals surface area (Å²) in [6.45, 7) is 5.66. The molecule has 0 aliphatic rings. The largest absolute Gasteiger partial charge is 0.368 e. The molecule has 1 heterocycles. The fourth-order valence-electron chi connectivity index (χ4n) is 1.05. The second-order valence-corrected chi connectivity index (χ2v) is 2.52. The van der Waals surface area contributed by atoms with Crippen LogP contribution in [0.1, 0.15) is 13.8 Å². The molecule has 0 fully saturated rings. The summed E-state index contributed by atoms with van der Waals surface area (Å²) in [6.07, 6.45) is 0. The maximum absolute atomic E-state index is 5.44. The minimum atomic E-state index is 0.161. The van der Waals surface area contributed by atoms with Crippen molar-refractivity contribution in [3.05, 3.63) is 0 Å². The summed E-state index contributed by atoms with van der Waals surface area (Å²) in [7, 11) is 0. The monoisotopic (exact) mass is 182 g/mol. The molecule has 0 bridgehead atoms. The number of hydrogen-bond acceptors (Lipinski definition) is 6. The Kier molecular flexibility index (Phi) is 2.84. The van der Waals surface area contributed by atoms with Crippen LogP contribution < -0.4 is 16.4 Å². The van der Waals surface area contributed by atoms with E-state index in [1.54, 1.807) is 0 Å². The summed E-state index contributed by atoms with van der Waals surface area (Å²) in [6, 6.07) is 0. The number of hydrogen-bond donors (Lipinski definition) is 2. The van der Waals surface area contributed by atoms with Gasteiger partial charge in [-0.3, -0.25) is 0 Å². The Balaban J connectivity index is 2.99. The standard InChI is InChI=1S/C7H14N6/c1-3-13(4-2)7-11-5(8)10-6(9)12-7/h3-4H2,1-2H3,(H4,8,9,10,11,12). The van der Waals surface area contributed by atoms with Crippen LogP contribution >= 0.6 is 0 Å². The second kappa shape index (κ2) is 3.88. The van der Waals surface area contributed by atoms with Gasteiger partial charge in [0.2, 0.25) is 17.8 Å². The van der Waals surface area contributed by atoms with Gasteiger partial charge >= 0.3 is 0 Å². The average Bonchev–Trinajstić information content (AvgIpc) is 2.04. The Morgan fingerprint density at radius 1 is 1.00 bits per heavy atom. The molecule has 0 spiro atoms. The van der Waals surface area contributed by atoms with Crippen molar-refractivity contribution in [3.63, 3.8) is 0 Å². The molecule has 6 nitrogen and oxygen atoms in total. The molecule has 0 saturated carbocycles. The van der Waals surface area contributed by atoms with E-state index in [-0.39, 0.29) is 11.9 Å². The van der Waals surface area contributed by atoms with Crippen molar-refractivity contribution in [2.24, 2.45) is 0 Å². The molecule has 0 atom stereocenters. The molecule has 0 aromatic carbocycles. The molecule has 0 aliphatic carbocycles. The molecule has 1 rings (SSSR count). The maximum Gasteiger partial charge on any atom is 0.231 e. The first-order valence-electron chi connectivity index (χ1n) is 4.19. The molecule has 0 aliphatic heterocycles. The first-order valence-corrected chi connectivity index (χ1v) is 4.19. The lowest BCUT2D eigenvalue weighted by Crippen LogP contribution is -2.25. The van der Waals surface area contributed by atoms with Crippen LogP contribution in [0.4, 0.5) is 17.8 Å². The fourth-order valence-corrected chi connectivity index (χ4v) is 1.05. The highest BCUT2D eigenvalue weighted by atomic mass is 15.3. The summed E-state index contributed by atoms with van der Waals surface area (Å²) in [5, 5.41) is 0. The first-order chi connectivity index (χ1) is 6.17. The highest BCUT2D eigenvalue weighted by Crippen LogP contribution is 2.08. The van der Waals surface area contributed by atoms with Crippen molar-refractivity contribution < 1.29 is 0 Å². The van der Waals surface area contributed by atoms with Gasteiger partial charge in [-0.25, -0.2) is 0 Å². The van der Waals surface area contributed by atoms with Gasteiger partial charge in [-0.1, -0.05) is 0 Å². The van der Waals surface area contributed by atoms with Crippen molar-refractivity contribution in [2.75, 3.05) is 29.5 Å². The van der Waals surface area contributed by atoms with Gasteiger partial charge in [0.05, 0.1) is 0 Å². The van der Waals surface area contributed by atoms with Gasteiger partial charge in [0.1, 0.15) is 0 Å². The molecule has 1 aromatic heterocycles. The van der Waals surface area contributed by atoms with Crippen LogP contribution in [0.25, 0.3) is 0 Å². The van der Waals surface area contributed by atoms with E-state index in [9.17, 15) is 0 Å². The van der Waals surface area contributed by atoms with Gasteiger partial charge < -0.3 is 16.4 Å². The third-order valence-electron chi connectivity index (χ3n) is 1.70. The number of nitrogen functional groups attached to an aromatic ring is 2. The molecular weight excluding hydrogens is 168 g/mol. The number of rotatable bonds is 3. The zero-order valence-corrected chi connectivity index (χ0v) is 7.86. The summed E-state index contributed by atoms with van der Waals surface area (Å²) in [5.41, 5.74) is 10.9. The quantitative estimate of drug-likeness (QED) is 0.677. The molecule has 4 N–H and O–H groups in total. The summed E-state index contributed by atoms with van der Waals surface area (Å²) in [4.78, 5) is 13.6. The van der Waals surface area contributed by atoms with E-state index >= 15 is 0 Å². The van der Waals surface area contributed by atoms with Crippen LogP contribution in [0.15, 0.2) is 0 Å². The average molecular weight is 182 g/mol. The number of aromatic nitrogens is 3. The van der Waals surface area contributed by atoms with Gasteiger partial charge in [0, 0.05) is 13.1 Å². The minimum Gasteiger partial charge on any atom is -0.368 e. The van der Waals surface area contributed by atoms with E-state index in [1.165, 1.54) is 0 Å². The van der Waals surface area contributed by atoms with E-state index in [2.05, 4.69) is 15.0 Å². The highest BCUT2D eigenvalue weighted by Gasteiger charge is 2.07. The topological polar surface area (TPSA) is 94.0 Å². The maximum atomic E-state index is 5.44. The molecule has 6 heteroatoms. The van der Waals surface area contributed by atoms with Crippen LogP contribution in [0.5, 0.6) is 0 Å². The van der Waals surface area contributed by atoms with E-state index < -0.39 is 0 Å². The Hall–Kier alpha value is -1.59. The summed E-state index contributed by atoms with van der Waals surface area (Å²) < 4.78 is 0. The van der Waals surface area contributed by atoms with Crippen LogP contribution in [0.3, 0.4) is 0 Å². The zero-order valence-electron chi connectivity index (χ0n) is 7.86. The van der Waals surface area contributed by atoms with E-state index in [1.807, 2.05) is 18.7 Å². The van der Waals surface area contributed by atoms with E-state index in [4.69, 9.17) is 11.5 Å². The lowest BCUT2D eigenvalue weighted by atomic mass is 10.5. The zero-order chi connectivity index (χ0) is 9.84. The third-order valence-corrected chi connectivity index (χ3v) is 1.70. The third kappa shape index (κ3) is 2.17. The molecule has 1 aromatic rings. The molecule has 0 radical (unpaired) electrons. The van der Waals surface area contributed by atoms with Gasteiger partial charge in [-0.2, -0.15) is 15.0 Å². The van der Waals surface area contributed by atoms with Crippen molar-refractivity contribution in [2.45, 2.75) is 13.8 Å². The van der Waals surface area contributed by atoms with Crippen LogP contribution in [0.2, 0.25) is 0 Å². The summed E-state index contributed by atoms with van der Waals surface area (Å²) in [5.74, 6) is 0.860. The van der Waals surface area contributed by atoms with Gasteiger partial charge in [0.25, 0.3) is 0 Å². The summed E-state index contributed by atoms with van der Waals surface area (Å²) >= 11 is 0. The molecular formula is C7H14N6. The van der Waals surface area contributed by atoms with E-state index in [0.29, 0.717) is 5.95 Å². The van der Waals surface area contributed by atoms with Crippen LogP contribution in [-0.2, 0) is 0 Å².